The maximum absolute atomic E-state index is 5.89. The minimum atomic E-state index is -0.0927. The number of ether oxygens (including phenoxy) is 2. The van der Waals surface area contributed by atoms with Crippen molar-refractivity contribution >= 4 is 28.7 Å². The summed E-state index contributed by atoms with van der Waals surface area (Å²) in [7, 11) is 3.22. The fourth-order valence-corrected chi connectivity index (χ4v) is 3.05. The van der Waals surface area contributed by atoms with Crippen LogP contribution in [0.3, 0.4) is 0 Å². The zero-order valence-electron chi connectivity index (χ0n) is 14.1. The van der Waals surface area contributed by atoms with Gasteiger partial charge >= 0.3 is 0 Å². The maximum Gasteiger partial charge on any atom is 0.187 e. The molecule has 25 heavy (non-hydrogen) atoms. The molecule has 0 fully saturated rings. The number of hydrogen-bond acceptors (Lipinski definition) is 5. The Bertz CT molecular complexity index is 820. The first kappa shape index (κ1) is 17.0. The van der Waals surface area contributed by atoms with Gasteiger partial charge in [0.05, 0.1) is 26.0 Å². The van der Waals surface area contributed by atoms with Crippen LogP contribution >= 0.6 is 12.2 Å². The number of benzene rings is 2. The molecule has 0 spiro atoms. The Morgan fingerprint density at radius 2 is 1.80 bits per heavy atom. The zero-order valence-corrected chi connectivity index (χ0v) is 14.9. The summed E-state index contributed by atoms with van der Waals surface area (Å²) in [6.45, 7) is 0. The summed E-state index contributed by atoms with van der Waals surface area (Å²) in [4.78, 5) is 0. The zero-order chi connectivity index (χ0) is 18.0. The molecular formula is C18H20N4O2S. The second-order valence-electron chi connectivity index (χ2n) is 5.69. The van der Waals surface area contributed by atoms with E-state index in [1.165, 1.54) is 0 Å². The number of nitrogen functional groups attached to an aromatic ring is 1. The smallest absolute Gasteiger partial charge is 0.187 e. The van der Waals surface area contributed by atoms with Gasteiger partial charge in [-0.3, -0.25) is 0 Å². The molecule has 0 aromatic heterocycles. The van der Waals surface area contributed by atoms with E-state index in [1.54, 1.807) is 19.2 Å². The largest absolute Gasteiger partial charge is 0.493 e. The van der Waals surface area contributed by atoms with E-state index in [0.717, 1.165) is 16.8 Å². The fourth-order valence-electron chi connectivity index (χ4n) is 2.88. The highest BCUT2D eigenvalue weighted by Gasteiger charge is 2.31. The summed E-state index contributed by atoms with van der Waals surface area (Å²) in [5.74, 6) is 1.33. The third-order valence-electron chi connectivity index (χ3n) is 4.17. The predicted molar refractivity (Wildman–Crippen MR) is 103 cm³/mol. The Balaban J connectivity index is 1.94. The second-order valence-corrected chi connectivity index (χ2v) is 6.10. The van der Waals surface area contributed by atoms with Gasteiger partial charge in [-0.2, -0.15) is 5.10 Å². The molecule has 0 amide bonds. The molecule has 0 aliphatic carbocycles. The van der Waals surface area contributed by atoms with Crippen molar-refractivity contribution in [1.29, 1.82) is 0 Å². The van der Waals surface area contributed by atoms with Gasteiger partial charge in [-0.25, -0.2) is 5.01 Å². The lowest BCUT2D eigenvalue weighted by molar-refractivity contribution is 0.347. The van der Waals surface area contributed by atoms with Crippen molar-refractivity contribution in [3.05, 3.63) is 53.6 Å². The molecule has 7 heteroatoms. The topological polar surface area (TPSA) is 86.1 Å². The summed E-state index contributed by atoms with van der Waals surface area (Å²) in [6.07, 6.45) is 0.677. The highest BCUT2D eigenvalue weighted by Crippen LogP contribution is 2.37. The molecule has 2 aromatic carbocycles. The van der Waals surface area contributed by atoms with Gasteiger partial charge in [0.2, 0.25) is 0 Å². The first-order valence-corrected chi connectivity index (χ1v) is 8.18. The maximum atomic E-state index is 5.89. The number of nitrogens with two attached hydrogens (primary N) is 2. The Morgan fingerprint density at radius 3 is 2.40 bits per heavy atom. The Labute approximate surface area is 152 Å². The van der Waals surface area contributed by atoms with Crippen LogP contribution in [0.15, 0.2) is 47.6 Å². The first-order valence-electron chi connectivity index (χ1n) is 7.77. The average molecular weight is 356 g/mol. The lowest BCUT2D eigenvalue weighted by Crippen LogP contribution is -2.31. The monoisotopic (exact) mass is 356 g/mol. The molecule has 1 aliphatic rings. The van der Waals surface area contributed by atoms with Crippen LogP contribution < -0.4 is 20.9 Å². The molecule has 2 aromatic rings. The standard InChI is InChI=1S/C18H20N4O2S/c1-23-16-8-5-12(9-17(16)24-2)15-10-14(21-22(15)18(20)25)11-3-6-13(19)7-4-11/h3-9,15H,10,19H2,1-2H3,(H2,20,25). The van der Waals surface area contributed by atoms with E-state index in [9.17, 15) is 0 Å². The summed E-state index contributed by atoms with van der Waals surface area (Å²) >= 11 is 5.19. The molecular weight excluding hydrogens is 336 g/mol. The van der Waals surface area contributed by atoms with Crippen LogP contribution in [0.4, 0.5) is 5.69 Å². The van der Waals surface area contributed by atoms with E-state index < -0.39 is 0 Å². The Morgan fingerprint density at radius 1 is 1.12 bits per heavy atom. The molecule has 0 saturated heterocycles. The minimum Gasteiger partial charge on any atom is -0.493 e. The molecule has 0 radical (unpaired) electrons. The van der Waals surface area contributed by atoms with Crippen LogP contribution in [-0.2, 0) is 0 Å². The highest BCUT2D eigenvalue weighted by atomic mass is 32.1. The van der Waals surface area contributed by atoms with Crippen molar-refractivity contribution in [3.63, 3.8) is 0 Å². The minimum absolute atomic E-state index is 0.0927. The second kappa shape index (κ2) is 6.98. The lowest BCUT2D eigenvalue weighted by Gasteiger charge is -2.22. The van der Waals surface area contributed by atoms with Crippen LogP contribution in [0.5, 0.6) is 11.5 Å². The van der Waals surface area contributed by atoms with Crippen LogP contribution in [-0.4, -0.2) is 30.1 Å². The Kier molecular flexibility index (Phi) is 4.76. The van der Waals surface area contributed by atoms with Crippen LogP contribution in [0.2, 0.25) is 0 Å². The molecule has 1 heterocycles. The summed E-state index contributed by atoms with van der Waals surface area (Å²) in [5, 5.41) is 6.51. The molecule has 130 valence electrons. The van der Waals surface area contributed by atoms with Gasteiger partial charge in [-0.1, -0.05) is 18.2 Å². The van der Waals surface area contributed by atoms with Gasteiger partial charge in [0, 0.05) is 12.1 Å². The molecule has 1 unspecified atom stereocenters. The number of hydrogen-bond donors (Lipinski definition) is 2. The molecule has 4 N–H and O–H groups in total. The molecule has 3 rings (SSSR count). The van der Waals surface area contributed by atoms with Gasteiger partial charge in [0.25, 0.3) is 0 Å². The predicted octanol–water partition coefficient (Wildman–Crippen LogP) is 2.68. The quantitative estimate of drug-likeness (QED) is 0.647. The molecule has 6 nitrogen and oxygen atoms in total. The number of thiocarbonyl (C=S) groups is 1. The summed E-state index contributed by atoms with van der Waals surface area (Å²) in [5.41, 5.74) is 15.3. The highest BCUT2D eigenvalue weighted by molar-refractivity contribution is 7.80. The van der Waals surface area contributed by atoms with Crippen LogP contribution in [0, 0.1) is 0 Å². The molecule has 0 saturated carbocycles. The number of nitrogens with zero attached hydrogens (tertiary/aromatic N) is 2. The number of anilines is 1. The van der Waals surface area contributed by atoms with Gasteiger partial charge in [0.1, 0.15) is 0 Å². The van der Waals surface area contributed by atoms with E-state index in [1.807, 2.05) is 42.5 Å². The van der Waals surface area contributed by atoms with Crippen LogP contribution in [0.1, 0.15) is 23.6 Å². The van der Waals surface area contributed by atoms with Gasteiger partial charge in [0.15, 0.2) is 16.6 Å². The van der Waals surface area contributed by atoms with Crippen molar-refractivity contribution in [3.8, 4) is 11.5 Å². The summed E-state index contributed by atoms with van der Waals surface area (Å²) < 4.78 is 10.7. The molecule has 1 atom stereocenters. The van der Waals surface area contributed by atoms with Crippen molar-refractivity contribution in [1.82, 2.24) is 5.01 Å². The molecule has 1 aliphatic heterocycles. The van der Waals surface area contributed by atoms with E-state index in [4.69, 9.17) is 33.2 Å². The van der Waals surface area contributed by atoms with Crippen molar-refractivity contribution in [2.24, 2.45) is 10.8 Å². The van der Waals surface area contributed by atoms with E-state index in [2.05, 4.69) is 5.10 Å². The lowest BCUT2D eigenvalue weighted by atomic mass is 9.98. The van der Waals surface area contributed by atoms with Gasteiger partial charge in [-0.15, -0.1) is 0 Å². The molecule has 0 bridgehead atoms. The van der Waals surface area contributed by atoms with E-state index >= 15 is 0 Å². The van der Waals surface area contributed by atoms with Crippen LogP contribution in [0.25, 0.3) is 0 Å². The van der Waals surface area contributed by atoms with Gasteiger partial charge < -0.3 is 20.9 Å². The van der Waals surface area contributed by atoms with E-state index in [0.29, 0.717) is 23.6 Å². The van der Waals surface area contributed by atoms with Crippen molar-refractivity contribution in [2.75, 3.05) is 20.0 Å². The number of hydrazone groups is 1. The Hall–Kier alpha value is -2.80. The van der Waals surface area contributed by atoms with Crippen molar-refractivity contribution < 1.29 is 9.47 Å². The first-order chi connectivity index (χ1) is 12.0. The normalized spacial score (nSPS) is 16.5. The van der Waals surface area contributed by atoms with Crippen molar-refractivity contribution in [2.45, 2.75) is 12.5 Å². The third-order valence-corrected chi connectivity index (χ3v) is 4.36. The SMILES string of the molecule is COc1ccc(C2CC(c3ccc(N)cc3)=NN2C(N)=S)cc1OC. The third kappa shape index (κ3) is 3.36. The average Bonchev–Trinajstić information content (AvgIpc) is 3.07. The summed E-state index contributed by atoms with van der Waals surface area (Å²) in [6, 6.07) is 13.3. The van der Waals surface area contributed by atoms with E-state index in [-0.39, 0.29) is 11.2 Å². The fraction of sp³-hybridized carbons (Fsp3) is 0.222. The van der Waals surface area contributed by atoms with Gasteiger partial charge in [-0.05, 0) is 47.6 Å². The number of rotatable bonds is 4. The number of methoxy groups -OCH3 is 2.